The number of rotatable bonds is 4. The summed E-state index contributed by atoms with van der Waals surface area (Å²) in [5.74, 6) is -0.405. The molecule has 3 rings (SSSR count). The van der Waals surface area contributed by atoms with Crippen LogP contribution in [0, 0.1) is 5.82 Å². The second kappa shape index (κ2) is 6.79. The van der Waals surface area contributed by atoms with Gasteiger partial charge >= 0.3 is 0 Å². The van der Waals surface area contributed by atoms with Gasteiger partial charge in [0, 0.05) is 24.0 Å². The lowest BCUT2D eigenvalue weighted by atomic mass is 10.0. The number of pyridine rings is 1. The van der Waals surface area contributed by atoms with Gasteiger partial charge in [0.25, 0.3) is 5.91 Å². The van der Waals surface area contributed by atoms with E-state index in [4.69, 9.17) is 0 Å². The number of carbonyl (C=O) groups excluding carboxylic acids is 1. The van der Waals surface area contributed by atoms with Gasteiger partial charge in [-0.3, -0.25) is 4.79 Å². The highest BCUT2D eigenvalue weighted by Crippen LogP contribution is 2.27. The summed E-state index contributed by atoms with van der Waals surface area (Å²) < 4.78 is 14.2. The number of amides is 1. The highest BCUT2D eigenvalue weighted by Gasteiger charge is 2.18. The van der Waals surface area contributed by atoms with Crippen molar-refractivity contribution < 1.29 is 9.18 Å². The fourth-order valence-electron chi connectivity index (χ4n) is 2.84. The largest absolute Gasteiger partial charge is 0.339 e. The number of para-hydroxylation sites is 1. The minimum atomic E-state index is -0.346. The van der Waals surface area contributed by atoms with E-state index in [1.54, 1.807) is 29.2 Å². The van der Waals surface area contributed by atoms with Crippen LogP contribution in [-0.2, 0) is 0 Å². The molecular formula is C20H19FN2O. The van der Waals surface area contributed by atoms with Crippen LogP contribution >= 0.6 is 0 Å². The van der Waals surface area contributed by atoms with Gasteiger partial charge in [-0.15, -0.1) is 0 Å². The zero-order valence-electron chi connectivity index (χ0n) is 13.8. The maximum absolute atomic E-state index is 14.2. The van der Waals surface area contributed by atoms with Crippen molar-refractivity contribution in [1.29, 1.82) is 0 Å². The van der Waals surface area contributed by atoms with Crippen molar-refractivity contribution in [1.82, 2.24) is 9.88 Å². The fourth-order valence-corrected chi connectivity index (χ4v) is 2.84. The van der Waals surface area contributed by atoms with E-state index in [1.165, 1.54) is 6.07 Å². The third-order valence-corrected chi connectivity index (χ3v) is 4.15. The van der Waals surface area contributed by atoms with Crippen molar-refractivity contribution in [3.63, 3.8) is 0 Å². The Morgan fingerprint density at radius 2 is 1.71 bits per heavy atom. The third-order valence-electron chi connectivity index (χ3n) is 4.15. The Labute approximate surface area is 140 Å². The van der Waals surface area contributed by atoms with Gasteiger partial charge in [0.15, 0.2) is 0 Å². The monoisotopic (exact) mass is 322 g/mol. The molecule has 1 aromatic heterocycles. The first-order valence-electron chi connectivity index (χ1n) is 8.09. The van der Waals surface area contributed by atoms with Crippen molar-refractivity contribution in [2.45, 2.75) is 13.8 Å². The van der Waals surface area contributed by atoms with Crippen LogP contribution in [0.25, 0.3) is 22.2 Å². The smallest absolute Gasteiger partial charge is 0.254 e. The van der Waals surface area contributed by atoms with Crippen molar-refractivity contribution in [3.8, 4) is 11.3 Å². The van der Waals surface area contributed by atoms with Gasteiger partial charge in [-0.1, -0.05) is 30.3 Å². The van der Waals surface area contributed by atoms with E-state index in [1.807, 2.05) is 38.1 Å². The third kappa shape index (κ3) is 2.87. The van der Waals surface area contributed by atoms with E-state index < -0.39 is 0 Å². The molecule has 0 spiro atoms. The van der Waals surface area contributed by atoms with E-state index in [9.17, 15) is 9.18 Å². The molecule has 0 aliphatic carbocycles. The fraction of sp³-hybridized carbons (Fsp3) is 0.200. The molecule has 2 aromatic carbocycles. The standard InChI is InChI=1S/C20H19FN2O/c1-3-23(4-2)20(24)16-13-19(15-10-5-7-11-17(15)21)22-18-12-8-6-9-14(16)18/h5-13H,3-4H2,1-2H3. The Morgan fingerprint density at radius 3 is 2.42 bits per heavy atom. The first kappa shape index (κ1) is 16.1. The molecule has 0 saturated carbocycles. The second-order valence-electron chi connectivity index (χ2n) is 5.53. The molecule has 0 fully saturated rings. The summed E-state index contributed by atoms with van der Waals surface area (Å²) in [4.78, 5) is 19.2. The summed E-state index contributed by atoms with van der Waals surface area (Å²) in [6.45, 7) is 5.15. The molecule has 24 heavy (non-hydrogen) atoms. The maximum atomic E-state index is 14.2. The molecule has 0 aliphatic heterocycles. The van der Waals surface area contributed by atoms with Crippen molar-refractivity contribution in [2.75, 3.05) is 13.1 Å². The van der Waals surface area contributed by atoms with Gasteiger partial charge in [-0.05, 0) is 38.1 Å². The Hall–Kier alpha value is -2.75. The highest BCUT2D eigenvalue weighted by atomic mass is 19.1. The number of aromatic nitrogens is 1. The van der Waals surface area contributed by atoms with Crippen LogP contribution in [0.3, 0.4) is 0 Å². The van der Waals surface area contributed by atoms with Crippen molar-refractivity contribution in [3.05, 3.63) is 66.0 Å². The maximum Gasteiger partial charge on any atom is 0.254 e. The Bertz CT molecular complexity index is 888. The summed E-state index contributed by atoms with van der Waals surface area (Å²) in [7, 11) is 0. The summed E-state index contributed by atoms with van der Waals surface area (Å²) >= 11 is 0. The topological polar surface area (TPSA) is 33.2 Å². The number of carbonyl (C=O) groups is 1. The zero-order valence-corrected chi connectivity index (χ0v) is 13.8. The average Bonchev–Trinajstić information content (AvgIpc) is 2.62. The SMILES string of the molecule is CCN(CC)C(=O)c1cc(-c2ccccc2F)nc2ccccc12. The van der Waals surface area contributed by atoms with Crippen LogP contribution in [0.4, 0.5) is 4.39 Å². The zero-order chi connectivity index (χ0) is 17.1. The lowest BCUT2D eigenvalue weighted by Crippen LogP contribution is -2.30. The molecule has 1 heterocycles. The number of nitrogens with zero attached hydrogens (tertiary/aromatic N) is 2. The average molecular weight is 322 g/mol. The molecule has 0 N–H and O–H groups in total. The number of halogens is 1. The number of benzene rings is 2. The predicted molar refractivity (Wildman–Crippen MR) is 94.4 cm³/mol. The molecule has 3 aromatic rings. The van der Waals surface area contributed by atoms with Crippen LogP contribution in [0.15, 0.2) is 54.6 Å². The van der Waals surface area contributed by atoms with Crippen LogP contribution < -0.4 is 0 Å². The van der Waals surface area contributed by atoms with Gasteiger partial charge in [0.2, 0.25) is 0 Å². The van der Waals surface area contributed by atoms with Crippen molar-refractivity contribution >= 4 is 16.8 Å². The molecule has 0 bridgehead atoms. The summed E-state index contributed by atoms with van der Waals surface area (Å²) in [6.07, 6.45) is 0. The lowest BCUT2D eigenvalue weighted by molar-refractivity contribution is 0.0775. The van der Waals surface area contributed by atoms with E-state index in [-0.39, 0.29) is 11.7 Å². The molecule has 0 unspecified atom stereocenters. The first-order valence-corrected chi connectivity index (χ1v) is 8.09. The van der Waals surface area contributed by atoms with Crippen LogP contribution in [0.2, 0.25) is 0 Å². The molecule has 3 nitrogen and oxygen atoms in total. The minimum absolute atomic E-state index is 0.0591. The van der Waals surface area contributed by atoms with E-state index in [0.29, 0.717) is 35.4 Å². The van der Waals surface area contributed by atoms with Crippen LogP contribution in [0.5, 0.6) is 0 Å². The van der Waals surface area contributed by atoms with Crippen LogP contribution in [-0.4, -0.2) is 28.9 Å². The minimum Gasteiger partial charge on any atom is -0.339 e. The molecule has 0 atom stereocenters. The van der Waals surface area contributed by atoms with Crippen molar-refractivity contribution in [2.24, 2.45) is 0 Å². The molecule has 122 valence electrons. The quantitative estimate of drug-likeness (QED) is 0.707. The summed E-state index contributed by atoms with van der Waals surface area (Å²) in [5.41, 5.74) is 2.12. The highest BCUT2D eigenvalue weighted by molar-refractivity contribution is 6.07. The molecular weight excluding hydrogens is 303 g/mol. The molecule has 0 aliphatic rings. The molecule has 4 heteroatoms. The van der Waals surface area contributed by atoms with Gasteiger partial charge < -0.3 is 4.90 Å². The van der Waals surface area contributed by atoms with E-state index >= 15 is 0 Å². The van der Waals surface area contributed by atoms with Gasteiger partial charge in [0.05, 0.1) is 16.8 Å². The summed E-state index contributed by atoms with van der Waals surface area (Å²) in [6, 6.07) is 15.7. The predicted octanol–water partition coefficient (Wildman–Crippen LogP) is 4.52. The Morgan fingerprint density at radius 1 is 1.04 bits per heavy atom. The van der Waals surface area contributed by atoms with Gasteiger partial charge in [0.1, 0.15) is 5.82 Å². The molecule has 0 radical (unpaired) electrons. The Kier molecular flexibility index (Phi) is 4.56. The van der Waals surface area contributed by atoms with Gasteiger partial charge in [-0.25, -0.2) is 9.37 Å². The Balaban J connectivity index is 2.24. The van der Waals surface area contributed by atoms with E-state index in [2.05, 4.69) is 4.98 Å². The second-order valence-corrected chi connectivity index (χ2v) is 5.53. The first-order chi connectivity index (χ1) is 11.7. The molecule has 1 amide bonds. The van der Waals surface area contributed by atoms with E-state index in [0.717, 1.165) is 5.39 Å². The molecule has 0 saturated heterocycles. The number of fused-ring (bicyclic) bond motifs is 1. The van der Waals surface area contributed by atoms with Gasteiger partial charge in [-0.2, -0.15) is 0 Å². The lowest BCUT2D eigenvalue weighted by Gasteiger charge is -2.20. The number of hydrogen-bond donors (Lipinski definition) is 0. The normalized spacial score (nSPS) is 10.8. The summed E-state index contributed by atoms with van der Waals surface area (Å²) in [5, 5.41) is 0.787. The number of hydrogen-bond acceptors (Lipinski definition) is 2. The van der Waals surface area contributed by atoms with Crippen LogP contribution in [0.1, 0.15) is 24.2 Å².